The van der Waals surface area contributed by atoms with Crippen molar-refractivity contribution in [3.8, 4) is 0 Å². The van der Waals surface area contributed by atoms with Crippen molar-refractivity contribution in [2.75, 3.05) is 19.8 Å². The summed E-state index contributed by atoms with van der Waals surface area (Å²) in [6, 6.07) is 0. The van der Waals surface area contributed by atoms with Gasteiger partial charge in [-0.25, -0.2) is 4.79 Å². The lowest BCUT2D eigenvalue weighted by Gasteiger charge is -2.31. The molecule has 1 rings (SSSR count). The molecular formula is C10H19NO4. The summed E-state index contributed by atoms with van der Waals surface area (Å²) < 4.78 is 5.15. The van der Waals surface area contributed by atoms with E-state index >= 15 is 0 Å². The Morgan fingerprint density at radius 2 is 2.27 bits per heavy atom. The molecule has 0 aliphatic carbocycles. The molecule has 1 amide bonds. The summed E-state index contributed by atoms with van der Waals surface area (Å²) in [5.74, 6) is 0.128. The largest absolute Gasteiger partial charge is 0.442 e. The monoisotopic (exact) mass is 217 g/mol. The maximum absolute atomic E-state index is 11.5. The minimum Gasteiger partial charge on any atom is -0.442 e. The lowest BCUT2D eigenvalue weighted by molar-refractivity contribution is -0.184. The second-order valence-electron chi connectivity index (χ2n) is 4.72. The predicted molar refractivity (Wildman–Crippen MR) is 54.1 cm³/mol. The molecule has 0 spiro atoms. The number of hydrogen-bond donors (Lipinski definition) is 1. The topological polar surface area (TPSA) is 59.0 Å². The van der Waals surface area contributed by atoms with E-state index in [0.29, 0.717) is 13.2 Å². The molecule has 0 aromatic heterocycles. The fourth-order valence-electron chi connectivity index (χ4n) is 1.24. The maximum atomic E-state index is 11.5. The van der Waals surface area contributed by atoms with Crippen LogP contribution in [-0.4, -0.2) is 41.6 Å². The first kappa shape index (κ1) is 12.3. The van der Waals surface area contributed by atoms with Gasteiger partial charge in [0.15, 0.2) is 0 Å². The number of aliphatic hydroxyl groups is 1. The molecule has 0 bridgehead atoms. The summed E-state index contributed by atoms with van der Waals surface area (Å²) in [4.78, 5) is 16.7. The van der Waals surface area contributed by atoms with Crippen molar-refractivity contribution in [2.45, 2.75) is 32.8 Å². The van der Waals surface area contributed by atoms with Gasteiger partial charge in [-0.3, -0.25) is 4.84 Å². The Hall–Kier alpha value is -0.810. The van der Waals surface area contributed by atoms with Gasteiger partial charge in [0.1, 0.15) is 5.60 Å². The average Bonchev–Trinajstić information content (AvgIpc) is 2.15. The SMILES string of the molecule is CC(C)(C)OC(=O)N1CCC(CO)CO1. The van der Waals surface area contributed by atoms with Crippen LogP contribution >= 0.6 is 0 Å². The molecular weight excluding hydrogens is 198 g/mol. The lowest BCUT2D eigenvalue weighted by Crippen LogP contribution is -2.42. The Labute approximate surface area is 89.9 Å². The van der Waals surface area contributed by atoms with E-state index in [9.17, 15) is 4.79 Å². The molecule has 0 aromatic rings. The van der Waals surface area contributed by atoms with Crippen LogP contribution < -0.4 is 0 Å². The first-order chi connectivity index (χ1) is 6.92. The smallest absolute Gasteiger partial charge is 0.434 e. The van der Waals surface area contributed by atoms with Gasteiger partial charge in [0.05, 0.1) is 13.2 Å². The third-order valence-corrected chi connectivity index (χ3v) is 2.06. The zero-order chi connectivity index (χ0) is 11.5. The van der Waals surface area contributed by atoms with E-state index in [1.54, 1.807) is 0 Å². The van der Waals surface area contributed by atoms with Crippen LogP contribution in [0.1, 0.15) is 27.2 Å². The summed E-state index contributed by atoms with van der Waals surface area (Å²) in [5.41, 5.74) is -0.506. The normalized spacial score (nSPS) is 22.7. The molecule has 1 saturated heterocycles. The molecule has 0 saturated carbocycles. The van der Waals surface area contributed by atoms with E-state index in [1.807, 2.05) is 20.8 Å². The molecule has 88 valence electrons. The van der Waals surface area contributed by atoms with Crippen LogP contribution in [-0.2, 0) is 9.57 Å². The lowest BCUT2D eigenvalue weighted by atomic mass is 10.1. The maximum Gasteiger partial charge on any atom is 0.434 e. The number of hydroxylamine groups is 2. The van der Waals surface area contributed by atoms with Gasteiger partial charge in [-0.1, -0.05) is 0 Å². The van der Waals surface area contributed by atoms with Crippen molar-refractivity contribution < 1.29 is 19.5 Å². The zero-order valence-corrected chi connectivity index (χ0v) is 9.52. The summed E-state index contributed by atoms with van der Waals surface area (Å²) in [6.45, 7) is 6.38. The molecule has 5 nitrogen and oxygen atoms in total. The molecule has 1 aliphatic heterocycles. The highest BCUT2D eigenvalue weighted by molar-refractivity contribution is 5.66. The van der Waals surface area contributed by atoms with Gasteiger partial charge >= 0.3 is 6.09 Å². The van der Waals surface area contributed by atoms with Crippen molar-refractivity contribution in [1.82, 2.24) is 5.06 Å². The quantitative estimate of drug-likeness (QED) is 0.716. The highest BCUT2D eigenvalue weighted by Crippen LogP contribution is 2.16. The van der Waals surface area contributed by atoms with Gasteiger partial charge in [-0.05, 0) is 27.2 Å². The summed E-state index contributed by atoms with van der Waals surface area (Å²) >= 11 is 0. The van der Waals surface area contributed by atoms with Crippen molar-refractivity contribution in [2.24, 2.45) is 5.92 Å². The Kier molecular flexibility index (Phi) is 3.93. The molecule has 0 aromatic carbocycles. The number of hydrogen-bond acceptors (Lipinski definition) is 4. The third-order valence-electron chi connectivity index (χ3n) is 2.06. The molecule has 1 fully saturated rings. The number of nitrogens with zero attached hydrogens (tertiary/aromatic N) is 1. The fourth-order valence-corrected chi connectivity index (χ4v) is 1.24. The van der Waals surface area contributed by atoms with Gasteiger partial charge in [-0.2, -0.15) is 5.06 Å². The van der Waals surface area contributed by atoms with Crippen LogP contribution in [0.4, 0.5) is 4.79 Å². The summed E-state index contributed by atoms with van der Waals surface area (Å²) in [7, 11) is 0. The molecule has 0 radical (unpaired) electrons. The minimum atomic E-state index is -0.506. The second-order valence-corrected chi connectivity index (χ2v) is 4.72. The van der Waals surface area contributed by atoms with E-state index < -0.39 is 11.7 Å². The molecule has 1 heterocycles. The van der Waals surface area contributed by atoms with E-state index in [0.717, 1.165) is 6.42 Å². The molecule has 15 heavy (non-hydrogen) atoms. The van der Waals surface area contributed by atoms with Gasteiger partial charge in [0, 0.05) is 12.5 Å². The zero-order valence-electron chi connectivity index (χ0n) is 9.52. The van der Waals surface area contributed by atoms with Crippen LogP contribution in [0.5, 0.6) is 0 Å². The average molecular weight is 217 g/mol. The van der Waals surface area contributed by atoms with Crippen LogP contribution in [0.2, 0.25) is 0 Å². The number of ether oxygens (including phenoxy) is 1. The standard InChI is InChI=1S/C10H19NO4/c1-10(2,3)15-9(13)11-5-4-8(6-12)7-14-11/h8,12H,4-7H2,1-3H3. The fraction of sp³-hybridized carbons (Fsp3) is 0.900. The first-order valence-corrected chi connectivity index (χ1v) is 5.16. The highest BCUT2D eigenvalue weighted by atomic mass is 16.7. The number of aliphatic hydroxyl groups excluding tert-OH is 1. The van der Waals surface area contributed by atoms with E-state index in [2.05, 4.69) is 0 Å². The molecule has 1 unspecified atom stereocenters. The summed E-state index contributed by atoms with van der Waals surface area (Å²) in [6.07, 6.45) is 0.286. The van der Waals surface area contributed by atoms with E-state index in [1.165, 1.54) is 5.06 Å². The Bertz CT molecular complexity index is 216. The Balaban J connectivity index is 2.37. The number of rotatable bonds is 1. The molecule has 1 aliphatic rings. The molecule has 1 N–H and O–H groups in total. The number of carbonyl (C=O) groups is 1. The minimum absolute atomic E-state index is 0.0994. The van der Waals surface area contributed by atoms with Crippen LogP contribution in [0.3, 0.4) is 0 Å². The van der Waals surface area contributed by atoms with Crippen LogP contribution in [0, 0.1) is 5.92 Å². The van der Waals surface area contributed by atoms with Gasteiger partial charge in [0.2, 0.25) is 0 Å². The molecule has 5 heteroatoms. The van der Waals surface area contributed by atoms with Gasteiger partial charge < -0.3 is 9.84 Å². The highest BCUT2D eigenvalue weighted by Gasteiger charge is 2.27. The predicted octanol–water partition coefficient (Wildman–Crippen LogP) is 1.17. The van der Waals surface area contributed by atoms with Crippen molar-refractivity contribution >= 4 is 6.09 Å². The second kappa shape index (κ2) is 4.81. The van der Waals surface area contributed by atoms with Crippen molar-refractivity contribution in [3.63, 3.8) is 0 Å². The number of amides is 1. The summed E-state index contributed by atoms with van der Waals surface area (Å²) in [5, 5.41) is 10.1. The molecule has 1 atom stereocenters. The Morgan fingerprint density at radius 3 is 2.67 bits per heavy atom. The van der Waals surface area contributed by atoms with Crippen molar-refractivity contribution in [3.05, 3.63) is 0 Å². The van der Waals surface area contributed by atoms with E-state index in [4.69, 9.17) is 14.7 Å². The van der Waals surface area contributed by atoms with Crippen LogP contribution in [0.15, 0.2) is 0 Å². The van der Waals surface area contributed by atoms with Crippen molar-refractivity contribution in [1.29, 1.82) is 0 Å². The van der Waals surface area contributed by atoms with Gasteiger partial charge in [-0.15, -0.1) is 0 Å². The third kappa shape index (κ3) is 4.05. The number of carbonyl (C=O) groups excluding carboxylic acids is 1. The van der Waals surface area contributed by atoms with Crippen LogP contribution in [0.25, 0.3) is 0 Å². The first-order valence-electron chi connectivity index (χ1n) is 5.16. The van der Waals surface area contributed by atoms with Gasteiger partial charge in [0.25, 0.3) is 0 Å². The Morgan fingerprint density at radius 1 is 1.60 bits per heavy atom. The van der Waals surface area contributed by atoms with E-state index in [-0.39, 0.29) is 12.5 Å².